The van der Waals surface area contributed by atoms with Crippen LogP contribution in [0.2, 0.25) is 0 Å². The van der Waals surface area contributed by atoms with E-state index in [1.165, 1.54) is 30.0 Å². The summed E-state index contributed by atoms with van der Waals surface area (Å²) in [5.74, 6) is -0.417. The van der Waals surface area contributed by atoms with Crippen LogP contribution in [-0.4, -0.2) is 46.9 Å². The maximum atomic E-state index is 12.4. The van der Waals surface area contributed by atoms with Crippen LogP contribution in [0.15, 0.2) is 18.2 Å². The molecule has 0 aromatic heterocycles. The molecule has 0 radical (unpaired) electrons. The van der Waals surface area contributed by atoms with E-state index in [1.54, 1.807) is 0 Å². The molecular weight excluding hydrogens is 415 g/mol. The van der Waals surface area contributed by atoms with Gasteiger partial charge in [0.05, 0.1) is 6.54 Å². The summed E-state index contributed by atoms with van der Waals surface area (Å²) >= 11 is 16.6. The van der Waals surface area contributed by atoms with Gasteiger partial charge in [-0.25, -0.2) is 4.79 Å². The Morgan fingerprint density at radius 1 is 1.27 bits per heavy atom. The first-order valence-corrected chi connectivity index (χ1v) is 8.74. The maximum absolute atomic E-state index is 12.4. The van der Waals surface area contributed by atoms with Gasteiger partial charge < -0.3 is 14.4 Å². The molecule has 0 aliphatic carbocycles. The van der Waals surface area contributed by atoms with E-state index in [-0.39, 0.29) is 24.4 Å². The summed E-state index contributed by atoms with van der Waals surface area (Å²) in [6.07, 6.45) is -0.211. The highest BCUT2D eigenvalue weighted by molar-refractivity contribution is 6.67. The number of hydrogen-bond acceptors (Lipinski definition) is 4. The van der Waals surface area contributed by atoms with Crippen molar-refractivity contribution in [3.8, 4) is 5.75 Å². The largest absolute Gasteiger partial charge is 0.445 e. The Labute approximate surface area is 165 Å². The lowest BCUT2D eigenvalue weighted by molar-refractivity contribution is -0.0502. The molecule has 0 spiro atoms. The molecule has 1 aromatic rings. The first kappa shape index (κ1) is 22.7. The highest BCUT2D eigenvalue weighted by Crippen LogP contribution is 2.26. The van der Waals surface area contributed by atoms with Gasteiger partial charge in [0.15, 0.2) is 5.78 Å². The summed E-state index contributed by atoms with van der Waals surface area (Å²) in [6.45, 7) is -0.0582. The van der Waals surface area contributed by atoms with E-state index in [9.17, 15) is 18.4 Å². The molecule has 1 aromatic carbocycles. The van der Waals surface area contributed by atoms with E-state index >= 15 is 0 Å². The van der Waals surface area contributed by atoms with Gasteiger partial charge in [-0.3, -0.25) is 4.79 Å². The Balaban J connectivity index is 2.80. The van der Waals surface area contributed by atoms with Crippen molar-refractivity contribution in [2.75, 3.05) is 19.7 Å². The molecule has 146 valence electrons. The number of rotatable bonds is 8. The highest BCUT2D eigenvalue weighted by Gasteiger charge is 2.25. The number of nitrogens with zero attached hydrogens (tertiary/aromatic N) is 1. The first-order chi connectivity index (χ1) is 12.0. The molecule has 1 amide bonds. The molecule has 0 atom stereocenters. The number of ether oxygens (including phenoxy) is 2. The van der Waals surface area contributed by atoms with Gasteiger partial charge in [0, 0.05) is 12.1 Å². The van der Waals surface area contributed by atoms with Crippen molar-refractivity contribution in [2.24, 2.45) is 0 Å². The van der Waals surface area contributed by atoms with Crippen LogP contribution < -0.4 is 4.74 Å². The summed E-state index contributed by atoms with van der Waals surface area (Å²) in [4.78, 5) is 25.6. The molecule has 10 heteroatoms. The molecule has 0 N–H and O–H groups in total. The molecule has 0 saturated heterocycles. The van der Waals surface area contributed by atoms with Crippen LogP contribution in [0.3, 0.4) is 0 Å². The molecule has 5 nitrogen and oxygen atoms in total. The van der Waals surface area contributed by atoms with Crippen molar-refractivity contribution in [1.82, 2.24) is 4.90 Å². The molecule has 0 unspecified atom stereocenters. The fraction of sp³-hybridized carbons (Fsp3) is 0.500. The van der Waals surface area contributed by atoms with E-state index in [1.807, 2.05) is 6.92 Å². The van der Waals surface area contributed by atoms with Gasteiger partial charge in [-0.1, -0.05) is 41.7 Å². The van der Waals surface area contributed by atoms with Crippen LogP contribution in [0.1, 0.15) is 29.3 Å². The predicted octanol–water partition coefficient (Wildman–Crippen LogP) is 5.00. The second-order valence-corrected chi connectivity index (χ2v) is 7.89. The van der Waals surface area contributed by atoms with Crippen molar-refractivity contribution in [3.05, 3.63) is 29.3 Å². The number of carbonyl (C=O) groups excluding carboxylic acids is 2. The standard InChI is InChI=1S/C16H18Cl3F2NO4/c1-3-6-22(15(24)25-9-16(17,18)19)8-12(23)11-4-5-13(10(2)7-11)26-14(20)21/h4-5,7,14H,3,6,8-9H2,1-2H3. The molecule has 0 saturated carbocycles. The van der Waals surface area contributed by atoms with Gasteiger partial charge in [-0.2, -0.15) is 8.78 Å². The quantitative estimate of drug-likeness (QED) is 0.428. The molecule has 0 aliphatic heterocycles. The van der Waals surface area contributed by atoms with Gasteiger partial charge in [0.2, 0.25) is 3.79 Å². The molecule has 0 fully saturated rings. The van der Waals surface area contributed by atoms with E-state index in [0.29, 0.717) is 12.0 Å². The highest BCUT2D eigenvalue weighted by atomic mass is 35.6. The zero-order chi connectivity index (χ0) is 19.9. The van der Waals surface area contributed by atoms with Gasteiger partial charge in [-0.15, -0.1) is 0 Å². The first-order valence-electron chi connectivity index (χ1n) is 7.60. The topological polar surface area (TPSA) is 55.8 Å². The van der Waals surface area contributed by atoms with E-state index in [4.69, 9.17) is 39.5 Å². The number of aryl methyl sites for hydroxylation is 1. The molecule has 1 rings (SSSR count). The summed E-state index contributed by atoms with van der Waals surface area (Å²) in [5.41, 5.74) is 0.622. The van der Waals surface area contributed by atoms with Crippen LogP contribution in [-0.2, 0) is 4.74 Å². The van der Waals surface area contributed by atoms with Crippen LogP contribution in [0.5, 0.6) is 5.75 Å². The van der Waals surface area contributed by atoms with E-state index in [0.717, 1.165) is 0 Å². The maximum Gasteiger partial charge on any atom is 0.410 e. The minimum absolute atomic E-state index is 0.0240. The fourth-order valence-corrected chi connectivity index (χ4v) is 2.22. The van der Waals surface area contributed by atoms with E-state index < -0.39 is 28.9 Å². The third kappa shape index (κ3) is 7.93. The third-order valence-electron chi connectivity index (χ3n) is 3.16. The molecule has 26 heavy (non-hydrogen) atoms. The predicted molar refractivity (Wildman–Crippen MR) is 95.6 cm³/mol. The van der Waals surface area contributed by atoms with Crippen LogP contribution in [0, 0.1) is 6.92 Å². The van der Waals surface area contributed by atoms with Crippen molar-refractivity contribution >= 4 is 46.7 Å². The van der Waals surface area contributed by atoms with Gasteiger partial charge in [-0.05, 0) is 37.1 Å². The Hall–Kier alpha value is -1.31. The summed E-state index contributed by atoms with van der Waals surface area (Å²) in [6, 6.07) is 4.04. The summed E-state index contributed by atoms with van der Waals surface area (Å²) in [5, 5.41) is 0. The average molecular weight is 433 g/mol. The Morgan fingerprint density at radius 2 is 1.92 bits per heavy atom. The normalized spacial score (nSPS) is 11.4. The Kier molecular flexibility index (Phi) is 8.86. The minimum atomic E-state index is -2.96. The van der Waals surface area contributed by atoms with Crippen molar-refractivity contribution in [3.63, 3.8) is 0 Å². The number of benzene rings is 1. The van der Waals surface area contributed by atoms with Crippen LogP contribution >= 0.6 is 34.8 Å². The number of amides is 1. The van der Waals surface area contributed by atoms with Gasteiger partial charge >= 0.3 is 12.7 Å². The number of Topliss-reactive ketones (excluding diaryl/α,β-unsaturated/α-hetero) is 1. The summed E-state index contributed by atoms with van der Waals surface area (Å²) < 4.78 is 32.0. The van der Waals surface area contributed by atoms with Crippen molar-refractivity contribution in [1.29, 1.82) is 0 Å². The smallest absolute Gasteiger partial charge is 0.410 e. The third-order valence-corrected chi connectivity index (χ3v) is 3.49. The lowest BCUT2D eigenvalue weighted by atomic mass is 10.1. The number of alkyl halides is 5. The monoisotopic (exact) mass is 431 g/mol. The lowest BCUT2D eigenvalue weighted by Gasteiger charge is -2.22. The number of halogens is 5. The molecule has 0 heterocycles. The van der Waals surface area contributed by atoms with Crippen molar-refractivity contribution < 1.29 is 27.8 Å². The summed E-state index contributed by atoms with van der Waals surface area (Å²) in [7, 11) is 0. The van der Waals surface area contributed by atoms with Crippen LogP contribution in [0.4, 0.5) is 13.6 Å². The number of ketones is 1. The molecular formula is C16H18Cl3F2NO4. The minimum Gasteiger partial charge on any atom is -0.445 e. The fourth-order valence-electron chi connectivity index (χ4n) is 2.06. The van der Waals surface area contributed by atoms with Crippen LogP contribution in [0.25, 0.3) is 0 Å². The molecule has 0 aliphatic rings. The second kappa shape index (κ2) is 10.1. The Morgan fingerprint density at radius 3 is 2.42 bits per heavy atom. The Bertz CT molecular complexity index is 638. The molecule has 0 bridgehead atoms. The zero-order valence-electron chi connectivity index (χ0n) is 14.1. The number of carbonyl (C=O) groups is 2. The van der Waals surface area contributed by atoms with E-state index in [2.05, 4.69) is 4.74 Å². The SMILES string of the molecule is CCCN(CC(=O)c1ccc(OC(F)F)c(C)c1)C(=O)OCC(Cl)(Cl)Cl. The number of hydrogen-bond donors (Lipinski definition) is 0. The zero-order valence-corrected chi connectivity index (χ0v) is 16.4. The second-order valence-electron chi connectivity index (χ2n) is 5.37. The van der Waals surface area contributed by atoms with Gasteiger partial charge in [0.1, 0.15) is 12.4 Å². The van der Waals surface area contributed by atoms with Crippen molar-refractivity contribution in [2.45, 2.75) is 30.7 Å². The van der Waals surface area contributed by atoms with Gasteiger partial charge in [0.25, 0.3) is 0 Å². The lowest BCUT2D eigenvalue weighted by Crippen LogP contribution is -2.38. The average Bonchev–Trinajstić information content (AvgIpc) is 2.52.